The predicted molar refractivity (Wildman–Crippen MR) is 80.9 cm³/mol. The van der Waals surface area contributed by atoms with Gasteiger partial charge in [0, 0.05) is 0 Å². The van der Waals surface area contributed by atoms with Gasteiger partial charge in [0.15, 0.2) is 0 Å². The summed E-state index contributed by atoms with van der Waals surface area (Å²) in [6.07, 6.45) is 6.39. The topological polar surface area (TPSA) is 38.8 Å². The average Bonchev–Trinajstić information content (AvgIpc) is 3.30. The van der Waals surface area contributed by atoms with Gasteiger partial charge in [-0.25, -0.2) is 4.79 Å². The minimum atomic E-state index is -0.221. The van der Waals surface area contributed by atoms with Crippen molar-refractivity contribution in [2.75, 3.05) is 13.2 Å². The zero-order valence-electron chi connectivity index (χ0n) is 12.6. The number of benzene rings is 1. The number of carbonyl (C=O) groups excluding carboxylic acids is 1. The van der Waals surface area contributed by atoms with Crippen molar-refractivity contribution in [2.45, 2.75) is 52.1 Å². The maximum atomic E-state index is 11.4. The van der Waals surface area contributed by atoms with Crippen LogP contribution in [-0.4, -0.2) is 25.3 Å². The van der Waals surface area contributed by atoms with Gasteiger partial charge in [0.05, 0.1) is 24.9 Å². The van der Waals surface area contributed by atoms with Gasteiger partial charge >= 0.3 is 5.97 Å². The highest BCUT2D eigenvalue weighted by Gasteiger charge is 2.19. The minimum Gasteiger partial charge on any atom is -0.462 e. The molecule has 0 saturated carbocycles. The number of carbonyl (C=O) groups is 1. The summed E-state index contributed by atoms with van der Waals surface area (Å²) < 4.78 is 10.0. The second-order valence-corrected chi connectivity index (χ2v) is 4.95. The molecule has 0 N–H and O–H groups in total. The molecule has 1 aliphatic heterocycles. The van der Waals surface area contributed by atoms with Crippen LogP contribution in [0.15, 0.2) is 30.3 Å². The molecular weight excluding hydrogens is 252 g/mol. The molecule has 2 rings (SSSR count). The molecule has 1 aromatic carbocycles. The molecule has 0 aromatic heterocycles. The maximum absolute atomic E-state index is 11.4. The van der Waals surface area contributed by atoms with E-state index in [-0.39, 0.29) is 5.97 Å². The second kappa shape index (κ2) is 10.4. The highest BCUT2D eigenvalue weighted by Crippen LogP contribution is 2.14. The number of hydrogen-bond acceptors (Lipinski definition) is 3. The molecular formula is C17H26O3. The lowest BCUT2D eigenvalue weighted by Gasteiger charge is -2.03. The van der Waals surface area contributed by atoms with Crippen LogP contribution < -0.4 is 0 Å². The Morgan fingerprint density at radius 2 is 1.90 bits per heavy atom. The summed E-state index contributed by atoms with van der Waals surface area (Å²) in [4.78, 5) is 11.4. The summed E-state index contributed by atoms with van der Waals surface area (Å²) in [5.74, 6) is -0.221. The van der Waals surface area contributed by atoms with Gasteiger partial charge in [-0.05, 0) is 25.0 Å². The van der Waals surface area contributed by atoms with Gasteiger partial charge in [0.1, 0.15) is 0 Å². The van der Waals surface area contributed by atoms with Crippen LogP contribution in [0, 0.1) is 0 Å². The molecule has 1 saturated heterocycles. The van der Waals surface area contributed by atoms with Crippen molar-refractivity contribution in [3.63, 3.8) is 0 Å². The number of esters is 1. The third-order valence-corrected chi connectivity index (χ3v) is 3.00. The summed E-state index contributed by atoms with van der Waals surface area (Å²) in [5.41, 5.74) is 0.629. The largest absolute Gasteiger partial charge is 0.462 e. The first-order valence-corrected chi connectivity index (χ1v) is 7.61. The lowest BCUT2D eigenvalue weighted by molar-refractivity contribution is 0.0498. The maximum Gasteiger partial charge on any atom is 0.338 e. The number of epoxide rings is 1. The Labute approximate surface area is 122 Å². The van der Waals surface area contributed by atoms with Crippen LogP contribution in [-0.2, 0) is 9.47 Å². The Kier molecular flexibility index (Phi) is 8.72. The van der Waals surface area contributed by atoms with Crippen molar-refractivity contribution in [3.8, 4) is 0 Å². The normalized spacial score (nSPS) is 16.0. The van der Waals surface area contributed by atoms with Gasteiger partial charge in [0.2, 0.25) is 0 Å². The van der Waals surface area contributed by atoms with Crippen LogP contribution >= 0.6 is 0 Å². The highest BCUT2D eigenvalue weighted by molar-refractivity contribution is 5.89. The SMILES string of the molecule is CCCC1CO1.CCCCCOC(=O)c1ccccc1. The minimum absolute atomic E-state index is 0.221. The van der Waals surface area contributed by atoms with E-state index in [2.05, 4.69) is 13.8 Å². The molecule has 1 atom stereocenters. The molecule has 1 fully saturated rings. The van der Waals surface area contributed by atoms with Crippen molar-refractivity contribution >= 4 is 5.97 Å². The summed E-state index contributed by atoms with van der Waals surface area (Å²) in [6.45, 7) is 5.86. The van der Waals surface area contributed by atoms with Crippen molar-refractivity contribution < 1.29 is 14.3 Å². The van der Waals surface area contributed by atoms with Crippen LogP contribution in [0.1, 0.15) is 56.3 Å². The molecule has 112 valence electrons. The van der Waals surface area contributed by atoms with Gasteiger partial charge < -0.3 is 9.47 Å². The first-order valence-electron chi connectivity index (χ1n) is 7.61. The zero-order valence-corrected chi connectivity index (χ0v) is 12.6. The smallest absolute Gasteiger partial charge is 0.338 e. The van der Waals surface area contributed by atoms with Crippen molar-refractivity contribution in [3.05, 3.63) is 35.9 Å². The Bertz CT molecular complexity index is 358. The molecule has 3 nitrogen and oxygen atoms in total. The fourth-order valence-electron chi connectivity index (χ4n) is 1.73. The van der Waals surface area contributed by atoms with E-state index in [9.17, 15) is 4.79 Å². The van der Waals surface area contributed by atoms with Crippen LogP contribution in [0.3, 0.4) is 0 Å². The van der Waals surface area contributed by atoms with Crippen LogP contribution in [0.2, 0.25) is 0 Å². The third kappa shape index (κ3) is 7.95. The molecule has 0 aliphatic carbocycles. The molecule has 0 amide bonds. The van der Waals surface area contributed by atoms with E-state index in [1.54, 1.807) is 12.1 Å². The van der Waals surface area contributed by atoms with Crippen LogP contribution in [0.5, 0.6) is 0 Å². The zero-order chi connectivity index (χ0) is 14.6. The van der Waals surface area contributed by atoms with E-state index in [4.69, 9.17) is 9.47 Å². The molecule has 1 aromatic rings. The summed E-state index contributed by atoms with van der Waals surface area (Å²) >= 11 is 0. The summed E-state index contributed by atoms with van der Waals surface area (Å²) in [7, 11) is 0. The van der Waals surface area contributed by atoms with E-state index < -0.39 is 0 Å². The Balaban J connectivity index is 0.000000276. The average molecular weight is 278 g/mol. The molecule has 0 bridgehead atoms. The molecule has 1 heterocycles. The molecule has 1 aliphatic rings. The van der Waals surface area contributed by atoms with Gasteiger partial charge in [-0.2, -0.15) is 0 Å². The Morgan fingerprint density at radius 3 is 2.40 bits per heavy atom. The van der Waals surface area contributed by atoms with E-state index >= 15 is 0 Å². The third-order valence-electron chi connectivity index (χ3n) is 3.00. The Morgan fingerprint density at radius 1 is 1.20 bits per heavy atom. The lowest BCUT2D eigenvalue weighted by Crippen LogP contribution is -2.05. The number of hydrogen-bond donors (Lipinski definition) is 0. The fraction of sp³-hybridized carbons (Fsp3) is 0.588. The van der Waals surface area contributed by atoms with Gasteiger partial charge in [-0.15, -0.1) is 0 Å². The highest BCUT2D eigenvalue weighted by atomic mass is 16.6. The van der Waals surface area contributed by atoms with E-state index in [1.807, 2.05) is 18.2 Å². The van der Waals surface area contributed by atoms with Crippen LogP contribution in [0.25, 0.3) is 0 Å². The number of unbranched alkanes of at least 4 members (excludes halogenated alkanes) is 2. The Hall–Kier alpha value is -1.35. The number of ether oxygens (including phenoxy) is 2. The van der Waals surface area contributed by atoms with E-state index in [0.29, 0.717) is 18.3 Å². The number of rotatable bonds is 7. The molecule has 1 unspecified atom stereocenters. The first-order chi connectivity index (χ1) is 9.77. The predicted octanol–water partition coefficient (Wildman–Crippen LogP) is 4.22. The van der Waals surface area contributed by atoms with Gasteiger partial charge in [0.25, 0.3) is 0 Å². The van der Waals surface area contributed by atoms with E-state index in [0.717, 1.165) is 25.9 Å². The van der Waals surface area contributed by atoms with Crippen LogP contribution in [0.4, 0.5) is 0 Å². The van der Waals surface area contributed by atoms with Gasteiger partial charge in [-0.3, -0.25) is 0 Å². The van der Waals surface area contributed by atoms with E-state index in [1.165, 1.54) is 12.8 Å². The first kappa shape index (κ1) is 16.7. The lowest BCUT2D eigenvalue weighted by atomic mass is 10.2. The molecule has 20 heavy (non-hydrogen) atoms. The summed E-state index contributed by atoms with van der Waals surface area (Å²) in [6, 6.07) is 9.09. The quantitative estimate of drug-likeness (QED) is 0.426. The molecule has 0 spiro atoms. The van der Waals surface area contributed by atoms with Crippen molar-refractivity contribution in [1.82, 2.24) is 0 Å². The molecule has 3 heteroatoms. The van der Waals surface area contributed by atoms with Crippen molar-refractivity contribution in [1.29, 1.82) is 0 Å². The molecule has 0 radical (unpaired) electrons. The van der Waals surface area contributed by atoms with Gasteiger partial charge in [-0.1, -0.05) is 51.3 Å². The standard InChI is InChI=1S/C12H16O2.C5H10O/c1-2-3-7-10-14-12(13)11-8-5-4-6-9-11;1-2-3-5-4-6-5/h4-6,8-9H,2-3,7,10H2,1H3;5H,2-4H2,1H3. The second-order valence-electron chi connectivity index (χ2n) is 4.95. The monoisotopic (exact) mass is 278 g/mol. The summed E-state index contributed by atoms with van der Waals surface area (Å²) in [5, 5.41) is 0. The van der Waals surface area contributed by atoms with Crippen molar-refractivity contribution in [2.24, 2.45) is 0 Å². The fourth-order valence-corrected chi connectivity index (χ4v) is 1.73.